The summed E-state index contributed by atoms with van der Waals surface area (Å²) in [6.07, 6.45) is 8.56. The van der Waals surface area contributed by atoms with E-state index in [-0.39, 0.29) is 41.5 Å². The first kappa shape index (κ1) is 28.5. The molecule has 3 nitrogen and oxygen atoms in total. The molecule has 0 fully saturated rings. The van der Waals surface area contributed by atoms with Gasteiger partial charge in [0.05, 0.1) is 6.42 Å². The highest BCUT2D eigenvalue weighted by Gasteiger charge is 2.34. The number of hydrogen-bond acceptors (Lipinski definition) is 3. The molecule has 0 aliphatic heterocycles. The minimum absolute atomic E-state index is 0.0431. The molecule has 3 atom stereocenters. The predicted molar refractivity (Wildman–Crippen MR) is 142 cm³/mol. The summed E-state index contributed by atoms with van der Waals surface area (Å²) in [5, 5.41) is 0. The number of ketones is 3. The average Bonchev–Trinajstić information content (AvgIpc) is 2.70. The lowest BCUT2D eigenvalue weighted by Gasteiger charge is -2.33. The van der Waals surface area contributed by atoms with Gasteiger partial charge in [0, 0.05) is 17.9 Å². The topological polar surface area (TPSA) is 51.2 Å². The van der Waals surface area contributed by atoms with E-state index in [0.29, 0.717) is 11.8 Å². The fraction of sp³-hybridized carbons (Fsp3) is 0.710. The lowest BCUT2D eigenvalue weighted by molar-refractivity contribution is -0.129. The van der Waals surface area contributed by atoms with E-state index in [1.54, 1.807) is 0 Å². The Bertz CT molecular complexity index is 887. The maximum absolute atomic E-state index is 13.4. The van der Waals surface area contributed by atoms with Gasteiger partial charge in [0.1, 0.15) is 11.6 Å². The van der Waals surface area contributed by atoms with E-state index >= 15 is 0 Å². The molecule has 1 aliphatic carbocycles. The molecule has 1 aromatic rings. The van der Waals surface area contributed by atoms with Crippen LogP contribution in [0.3, 0.4) is 0 Å². The molecule has 3 heteroatoms. The highest BCUT2D eigenvalue weighted by Crippen LogP contribution is 2.38. The van der Waals surface area contributed by atoms with Crippen LogP contribution in [0.4, 0.5) is 0 Å². The van der Waals surface area contributed by atoms with Gasteiger partial charge in [-0.05, 0) is 98.8 Å². The van der Waals surface area contributed by atoms with Crippen LogP contribution < -0.4 is 0 Å². The van der Waals surface area contributed by atoms with E-state index in [0.717, 1.165) is 50.5 Å². The van der Waals surface area contributed by atoms with Crippen LogP contribution in [0, 0.1) is 37.0 Å². The van der Waals surface area contributed by atoms with Crippen LogP contribution in [0.1, 0.15) is 126 Å². The van der Waals surface area contributed by atoms with Crippen molar-refractivity contribution < 1.29 is 14.4 Å². The summed E-state index contributed by atoms with van der Waals surface area (Å²) in [6, 6.07) is 2.32. The quantitative estimate of drug-likeness (QED) is 0.294. The van der Waals surface area contributed by atoms with Crippen LogP contribution in [0.2, 0.25) is 0 Å². The van der Waals surface area contributed by atoms with Crippen molar-refractivity contribution in [1.82, 2.24) is 0 Å². The number of carbonyl (C=O) groups is 3. The fourth-order valence-corrected chi connectivity index (χ4v) is 6.12. The van der Waals surface area contributed by atoms with E-state index in [4.69, 9.17) is 0 Å². The molecule has 0 heterocycles. The molecule has 190 valence electrons. The van der Waals surface area contributed by atoms with Crippen molar-refractivity contribution in [2.45, 2.75) is 120 Å². The van der Waals surface area contributed by atoms with Gasteiger partial charge >= 0.3 is 0 Å². The first-order chi connectivity index (χ1) is 15.9. The molecule has 0 bridgehead atoms. The minimum atomic E-state index is -0.0756. The van der Waals surface area contributed by atoms with Crippen LogP contribution >= 0.6 is 0 Å². The fourth-order valence-electron chi connectivity index (χ4n) is 6.12. The van der Waals surface area contributed by atoms with E-state index in [9.17, 15) is 14.4 Å². The number of aryl methyl sites for hydroxylation is 2. The van der Waals surface area contributed by atoms with Gasteiger partial charge in [0.2, 0.25) is 0 Å². The van der Waals surface area contributed by atoms with Crippen molar-refractivity contribution in [2.75, 3.05) is 0 Å². The first-order valence-corrected chi connectivity index (χ1v) is 13.5. The SMILES string of the molecule is CCCC(CC1CC(=O)c2c(C)c(CCCC(C)(C)C)cc(C)c2C1)C(CC)C(=O)CC(C)=O. The van der Waals surface area contributed by atoms with Crippen molar-refractivity contribution in [1.29, 1.82) is 0 Å². The lowest BCUT2D eigenvalue weighted by Crippen LogP contribution is -2.30. The van der Waals surface area contributed by atoms with Gasteiger partial charge in [-0.1, -0.05) is 53.5 Å². The molecule has 3 unspecified atom stereocenters. The molecule has 0 amide bonds. The van der Waals surface area contributed by atoms with Crippen molar-refractivity contribution in [3.8, 4) is 0 Å². The molecule has 0 spiro atoms. The normalized spacial score (nSPS) is 17.9. The molecule has 0 aromatic heterocycles. The van der Waals surface area contributed by atoms with E-state index in [1.807, 2.05) is 0 Å². The highest BCUT2D eigenvalue weighted by molar-refractivity contribution is 6.01. The molecule has 34 heavy (non-hydrogen) atoms. The van der Waals surface area contributed by atoms with Crippen molar-refractivity contribution >= 4 is 17.3 Å². The summed E-state index contributed by atoms with van der Waals surface area (Å²) in [6.45, 7) is 16.9. The number of carbonyl (C=O) groups excluding carboxylic acids is 3. The molecular formula is C31H48O3. The minimum Gasteiger partial charge on any atom is -0.300 e. The third kappa shape index (κ3) is 7.62. The van der Waals surface area contributed by atoms with Gasteiger partial charge in [-0.15, -0.1) is 0 Å². The molecule has 1 aromatic carbocycles. The smallest absolute Gasteiger partial charge is 0.163 e. The van der Waals surface area contributed by atoms with Crippen molar-refractivity contribution in [3.63, 3.8) is 0 Å². The second-order valence-corrected chi connectivity index (χ2v) is 12.1. The zero-order valence-corrected chi connectivity index (χ0v) is 23.1. The molecule has 1 aliphatic rings. The molecule has 0 saturated carbocycles. The number of hydrogen-bond donors (Lipinski definition) is 0. The lowest BCUT2D eigenvalue weighted by atomic mass is 9.71. The van der Waals surface area contributed by atoms with Crippen molar-refractivity contribution in [2.24, 2.45) is 23.2 Å². The number of rotatable bonds is 12. The second-order valence-electron chi connectivity index (χ2n) is 12.1. The van der Waals surface area contributed by atoms with Gasteiger partial charge in [-0.2, -0.15) is 0 Å². The highest BCUT2D eigenvalue weighted by atomic mass is 16.1. The van der Waals surface area contributed by atoms with Crippen LogP contribution in [-0.4, -0.2) is 17.3 Å². The van der Waals surface area contributed by atoms with E-state index in [1.165, 1.54) is 35.6 Å². The molecule has 2 rings (SSSR count). The Morgan fingerprint density at radius 3 is 2.35 bits per heavy atom. The Morgan fingerprint density at radius 2 is 1.79 bits per heavy atom. The molecule has 0 N–H and O–H groups in total. The van der Waals surface area contributed by atoms with Crippen LogP contribution in [0.25, 0.3) is 0 Å². The summed E-state index contributed by atoms with van der Waals surface area (Å²) >= 11 is 0. The van der Waals surface area contributed by atoms with Gasteiger partial charge in [-0.25, -0.2) is 0 Å². The third-order valence-corrected chi connectivity index (χ3v) is 7.78. The zero-order chi connectivity index (χ0) is 25.6. The van der Waals surface area contributed by atoms with Crippen LogP contribution in [-0.2, 0) is 22.4 Å². The molecular weight excluding hydrogens is 420 g/mol. The van der Waals surface area contributed by atoms with Crippen LogP contribution in [0.5, 0.6) is 0 Å². The summed E-state index contributed by atoms with van der Waals surface area (Å²) in [7, 11) is 0. The Kier molecular flexibility index (Phi) is 10.3. The number of benzene rings is 1. The summed E-state index contributed by atoms with van der Waals surface area (Å²) in [4.78, 5) is 37.8. The molecule has 0 saturated heterocycles. The van der Waals surface area contributed by atoms with Gasteiger partial charge < -0.3 is 0 Å². The standard InChI is InChI=1S/C31H48O3/c1-9-12-25(26(10-2)28(33)16-21(4)32)17-23-18-27-20(3)15-24(13-11-14-31(6,7)8)22(5)30(27)29(34)19-23/h15,23,25-26H,9-14,16-19H2,1-8H3. The van der Waals surface area contributed by atoms with E-state index in [2.05, 4.69) is 54.5 Å². The van der Waals surface area contributed by atoms with E-state index < -0.39 is 0 Å². The Morgan fingerprint density at radius 1 is 1.12 bits per heavy atom. The van der Waals surface area contributed by atoms with Crippen molar-refractivity contribution in [3.05, 3.63) is 33.9 Å². The average molecular weight is 469 g/mol. The van der Waals surface area contributed by atoms with Gasteiger partial charge in [0.25, 0.3) is 0 Å². The number of fused-ring (bicyclic) bond motifs is 1. The molecule has 0 radical (unpaired) electrons. The van der Waals surface area contributed by atoms with Crippen LogP contribution in [0.15, 0.2) is 6.07 Å². The van der Waals surface area contributed by atoms with Gasteiger partial charge in [0.15, 0.2) is 5.78 Å². The van der Waals surface area contributed by atoms with Gasteiger partial charge in [-0.3, -0.25) is 14.4 Å². The summed E-state index contributed by atoms with van der Waals surface area (Å²) < 4.78 is 0. The number of Topliss-reactive ketones (excluding diaryl/α,β-unsaturated/α-hetero) is 3. The monoisotopic (exact) mass is 468 g/mol. The largest absolute Gasteiger partial charge is 0.300 e. The Hall–Kier alpha value is -1.77. The Labute approximate surface area is 208 Å². The Balaban J connectivity index is 2.23. The maximum Gasteiger partial charge on any atom is 0.163 e. The zero-order valence-electron chi connectivity index (χ0n) is 23.1. The summed E-state index contributed by atoms with van der Waals surface area (Å²) in [5.41, 5.74) is 6.31. The second kappa shape index (κ2) is 12.3. The first-order valence-electron chi connectivity index (χ1n) is 13.5. The predicted octanol–water partition coefficient (Wildman–Crippen LogP) is 7.80. The third-order valence-electron chi connectivity index (χ3n) is 7.78. The summed E-state index contributed by atoms with van der Waals surface area (Å²) in [5.74, 6) is 0.767. The maximum atomic E-state index is 13.4.